The molecule has 0 N–H and O–H groups in total. The molecule has 0 atom stereocenters. The summed E-state index contributed by atoms with van der Waals surface area (Å²) in [6.07, 6.45) is 1.82. The molecule has 2 aromatic heterocycles. The van der Waals surface area contributed by atoms with Gasteiger partial charge < -0.3 is 9.64 Å². The molecular formula is C19H21N5OS. The highest BCUT2D eigenvalue weighted by molar-refractivity contribution is 7.98. The summed E-state index contributed by atoms with van der Waals surface area (Å²) in [4.78, 5) is 6.65. The summed E-state index contributed by atoms with van der Waals surface area (Å²) in [5.41, 5.74) is 3.34. The third-order valence-electron chi connectivity index (χ3n) is 4.34. The summed E-state index contributed by atoms with van der Waals surface area (Å²) in [5.74, 6) is 1.64. The van der Waals surface area contributed by atoms with Gasteiger partial charge >= 0.3 is 0 Å². The maximum atomic E-state index is 5.49. The van der Waals surface area contributed by atoms with Crippen molar-refractivity contribution in [1.29, 1.82) is 0 Å². The Hall–Kier alpha value is -2.38. The van der Waals surface area contributed by atoms with Crippen molar-refractivity contribution in [3.8, 4) is 5.69 Å². The summed E-state index contributed by atoms with van der Waals surface area (Å²) in [6.45, 7) is 5.21. The standard InChI is InChI=1S/C19H21N5OS/c1-15-6-2-3-8-17(15)24-18(23-10-12-25-13-11-23)21-22-19(24)26-14-16-7-4-5-9-20-16/h2-9H,10-14H2,1H3. The lowest BCUT2D eigenvalue weighted by Crippen LogP contribution is -2.38. The van der Waals surface area contributed by atoms with Crippen LogP contribution in [-0.4, -0.2) is 46.1 Å². The van der Waals surface area contributed by atoms with Crippen LogP contribution in [0.15, 0.2) is 53.8 Å². The molecule has 1 aliphatic rings. The van der Waals surface area contributed by atoms with E-state index in [0.717, 1.165) is 54.5 Å². The van der Waals surface area contributed by atoms with Crippen LogP contribution in [0.2, 0.25) is 0 Å². The number of hydrogen-bond donors (Lipinski definition) is 0. The normalized spacial score (nSPS) is 14.6. The van der Waals surface area contributed by atoms with E-state index >= 15 is 0 Å². The number of benzene rings is 1. The molecule has 0 saturated carbocycles. The monoisotopic (exact) mass is 367 g/mol. The number of rotatable bonds is 5. The molecule has 3 aromatic rings. The zero-order valence-corrected chi connectivity index (χ0v) is 15.5. The predicted octanol–water partition coefficient (Wildman–Crippen LogP) is 3.10. The molecule has 4 rings (SSSR count). The van der Waals surface area contributed by atoms with E-state index in [-0.39, 0.29) is 0 Å². The lowest BCUT2D eigenvalue weighted by atomic mass is 10.2. The Balaban J connectivity index is 1.69. The number of ether oxygens (including phenoxy) is 1. The first-order valence-corrected chi connectivity index (χ1v) is 9.68. The highest BCUT2D eigenvalue weighted by atomic mass is 32.2. The van der Waals surface area contributed by atoms with Crippen LogP contribution in [0, 0.1) is 6.92 Å². The summed E-state index contributed by atoms with van der Waals surface area (Å²) in [6, 6.07) is 14.3. The number of anilines is 1. The summed E-state index contributed by atoms with van der Waals surface area (Å²) in [5, 5.41) is 9.88. The van der Waals surface area contributed by atoms with Crippen LogP contribution in [0.4, 0.5) is 5.95 Å². The molecule has 0 aliphatic carbocycles. The van der Waals surface area contributed by atoms with Gasteiger partial charge in [0.05, 0.1) is 24.6 Å². The zero-order chi connectivity index (χ0) is 17.8. The SMILES string of the molecule is Cc1ccccc1-n1c(SCc2ccccn2)nnc1N1CCOCC1. The Morgan fingerprint density at radius 3 is 2.62 bits per heavy atom. The third-order valence-corrected chi connectivity index (χ3v) is 5.30. The number of thioether (sulfide) groups is 1. The molecule has 0 unspecified atom stereocenters. The molecule has 1 saturated heterocycles. The van der Waals surface area contributed by atoms with E-state index in [1.165, 1.54) is 5.56 Å². The van der Waals surface area contributed by atoms with Gasteiger partial charge in [-0.3, -0.25) is 9.55 Å². The number of aromatic nitrogens is 4. The van der Waals surface area contributed by atoms with Crippen molar-refractivity contribution >= 4 is 17.7 Å². The second-order valence-electron chi connectivity index (χ2n) is 6.11. The zero-order valence-electron chi connectivity index (χ0n) is 14.7. The minimum Gasteiger partial charge on any atom is -0.378 e. The molecule has 26 heavy (non-hydrogen) atoms. The molecule has 134 valence electrons. The number of aryl methyl sites for hydroxylation is 1. The molecule has 1 fully saturated rings. The van der Waals surface area contributed by atoms with Gasteiger partial charge in [0.1, 0.15) is 0 Å². The second kappa shape index (κ2) is 7.88. The molecular weight excluding hydrogens is 346 g/mol. The fourth-order valence-electron chi connectivity index (χ4n) is 2.97. The van der Waals surface area contributed by atoms with Crippen molar-refractivity contribution < 1.29 is 4.74 Å². The first kappa shape index (κ1) is 17.1. The molecule has 1 aliphatic heterocycles. The van der Waals surface area contributed by atoms with Gasteiger partial charge in [0.25, 0.3) is 0 Å². The lowest BCUT2D eigenvalue weighted by Gasteiger charge is -2.28. The summed E-state index contributed by atoms with van der Waals surface area (Å²) in [7, 11) is 0. The van der Waals surface area contributed by atoms with E-state index in [9.17, 15) is 0 Å². The fourth-order valence-corrected chi connectivity index (χ4v) is 3.83. The Kier molecular flexibility index (Phi) is 5.17. The van der Waals surface area contributed by atoms with E-state index in [4.69, 9.17) is 4.74 Å². The van der Waals surface area contributed by atoms with E-state index in [1.807, 2.05) is 24.4 Å². The topological polar surface area (TPSA) is 56.1 Å². The number of pyridine rings is 1. The number of hydrogen-bond acceptors (Lipinski definition) is 6. The average molecular weight is 367 g/mol. The van der Waals surface area contributed by atoms with E-state index in [0.29, 0.717) is 0 Å². The highest BCUT2D eigenvalue weighted by Gasteiger charge is 2.22. The van der Waals surface area contributed by atoms with Gasteiger partial charge in [0.15, 0.2) is 5.16 Å². The van der Waals surface area contributed by atoms with E-state index in [2.05, 4.69) is 55.8 Å². The summed E-state index contributed by atoms with van der Waals surface area (Å²) < 4.78 is 7.65. The number of para-hydroxylation sites is 1. The quantitative estimate of drug-likeness (QED) is 0.646. The lowest BCUT2D eigenvalue weighted by molar-refractivity contribution is 0.122. The molecule has 6 nitrogen and oxygen atoms in total. The van der Waals surface area contributed by atoms with Gasteiger partial charge in [0, 0.05) is 25.0 Å². The molecule has 0 spiro atoms. The van der Waals surface area contributed by atoms with Gasteiger partial charge in [-0.2, -0.15) is 0 Å². The largest absolute Gasteiger partial charge is 0.378 e. The Morgan fingerprint density at radius 1 is 1.04 bits per heavy atom. The number of nitrogens with zero attached hydrogens (tertiary/aromatic N) is 5. The maximum absolute atomic E-state index is 5.49. The van der Waals surface area contributed by atoms with Crippen molar-refractivity contribution in [2.75, 3.05) is 31.2 Å². The van der Waals surface area contributed by atoms with E-state index in [1.54, 1.807) is 11.8 Å². The predicted molar refractivity (Wildman–Crippen MR) is 103 cm³/mol. The highest BCUT2D eigenvalue weighted by Crippen LogP contribution is 2.30. The maximum Gasteiger partial charge on any atom is 0.232 e. The van der Waals surface area contributed by atoms with Gasteiger partial charge in [-0.05, 0) is 30.7 Å². The minimum atomic E-state index is 0.719. The first-order valence-electron chi connectivity index (χ1n) is 8.70. The van der Waals surface area contributed by atoms with Crippen molar-refractivity contribution in [2.45, 2.75) is 17.8 Å². The molecule has 0 amide bonds. The van der Waals surface area contributed by atoms with Crippen LogP contribution in [0.25, 0.3) is 5.69 Å². The summed E-state index contributed by atoms with van der Waals surface area (Å²) >= 11 is 1.66. The van der Waals surface area contributed by atoms with Crippen LogP contribution in [0.5, 0.6) is 0 Å². The first-order chi connectivity index (χ1) is 12.8. The van der Waals surface area contributed by atoms with Crippen LogP contribution in [0.1, 0.15) is 11.3 Å². The van der Waals surface area contributed by atoms with Gasteiger partial charge in [0.2, 0.25) is 5.95 Å². The van der Waals surface area contributed by atoms with Crippen LogP contribution in [-0.2, 0) is 10.5 Å². The Bertz CT molecular complexity index is 861. The van der Waals surface area contributed by atoms with Crippen molar-refractivity contribution in [1.82, 2.24) is 19.7 Å². The molecule has 0 bridgehead atoms. The third kappa shape index (κ3) is 3.59. The van der Waals surface area contributed by atoms with Gasteiger partial charge in [-0.25, -0.2) is 0 Å². The van der Waals surface area contributed by atoms with Crippen molar-refractivity contribution in [3.05, 3.63) is 59.9 Å². The molecule has 3 heterocycles. The molecule has 1 aromatic carbocycles. The van der Waals surface area contributed by atoms with Crippen molar-refractivity contribution in [2.24, 2.45) is 0 Å². The Labute approximate surface area is 157 Å². The van der Waals surface area contributed by atoms with Gasteiger partial charge in [-0.15, -0.1) is 10.2 Å². The molecule has 0 radical (unpaired) electrons. The van der Waals surface area contributed by atoms with Crippen LogP contribution >= 0.6 is 11.8 Å². The van der Waals surface area contributed by atoms with Crippen LogP contribution in [0.3, 0.4) is 0 Å². The fraction of sp³-hybridized carbons (Fsp3) is 0.316. The van der Waals surface area contributed by atoms with Crippen LogP contribution < -0.4 is 4.90 Å². The van der Waals surface area contributed by atoms with Gasteiger partial charge in [-0.1, -0.05) is 36.0 Å². The average Bonchev–Trinajstić information content (AvgIpc) is 3.12. The Morgan fingerprint density at radius 2 is 1.85 bits per heavy atom. The smallest absolute Gasteiger partial charge is 0.232 e. The number of morpholine rings is 1. The van der Waals surface area contributed by atoms with E-state index < -0.39 is 0 Å². The second-order valence-corrected chi connectivity index (χ2v) is 7.06. The van der Waals surface area contributed by atoms with Crippen molar-refractivity contribution in [3.63, 3.8) is 0 Å². The molecule has 7 heteroatoms. The minimum absolute atomic E-state index is 0.719.